The molecule has 0 radical (unpaired) electrons. The van der Waals surface area contributed by atoms with E-state index in [4.69, 9.17) is 15.2 Å². The van der Waals surface area contributed by atoms with Crippen LogP contribution in [0.25, 0.3) is 0 Å². The molecule has 24 heavy (non-hydrogen) atoms. The number of carbonyl (C=O) groups excluding carboxylic acids is 2. The summed E-state index contributed by atoms with van der Waals surface area (Å²) in [7, 11) is 2.94. The molecule has 0 aliphatic rings. The first kappa shape index (κ1) is 17.5. The molecule has 0 saturated carbocycles. The number of rotatable bonds is 6. The van der Waals surface area contributed by atoms with Crippen molar-refractivity contribution < 1.29 is 19.1 Å². The van der Waals surface area contributed by atoms with E-state index in [0.717, 1.165) is 0 Å². The Morgan fingerprint density at radius 2 is 1.75 bits per heavy atom. The van der Waals surface area contributed by atoms with Gasteiger partial charge in [0, 0.05) is 12.7 Å². The largest absolute Gasteiger partial charge is 0.495 e. The molecule has 0 aliphatic heterocycles. The monoisotopic (exact) mass is 328 g/mol. The van der Waals surface area contributed by atoms with Gasteiger partial charge in [-0.15, -0.1) is 0 Å². The van der Waals surface area contributed by atoms with Crippen molar-refractivity contribution in [2.24, 2.45) is 5.73 Å². The first-order valence-electron chi connectivity index (χ1n) is 7.32. The molecular weight excluding hydrogens is 308 g/mol. The molecule has 0 bridgehead atoms. The summed E-state index contributed by atoms with van der Waals surface area (Å²) < 4.78 is 10.7. The highest BCUT2D eigenvalue weighted by Crippen LogP contribution is 2.30. The average molecular weight is 328 g/mol. The van der Waals surface area contributed by atoms with Gasteiger partial charge in [-0.3, -0.25) is 9.59 Å². The third-order valence-corrected chi connectivity index (χ3v) is 3.90. The zero-order valence-electron chi connectivity index (χ0n) is 13.8. The number of nitrogens with two attached hydrogens (primary N) is 1. The lowest BCUT2D eigenvalue weighted by Gasteiger charge is -2.27. The Bertz CT molecular complexity index is 746. The predicted octanol–water partition coefficient (Wildman–Crippen LogP) is 2.29. The maximum absolute atomic E-state index is 12.8. The second-order valence-corrected chi connectivity index (χ2v) is 5.34. The summed E-state index contributed by atoms with van der Waals surface area (Å²) in [5, 5.41) is 2.75. The highest BCUT2D eigenvalue weighted by Gasteiger charge is 2.35. The fourth-order valence-corrected chi connectivity index (χ4v) is 2.30. The van der Waals surface area contributed by atoms with Crippen LogP contribution < -0.4 is 15.8 Å². The van der Waals surface area contributed by atoms with Gasteiger partial charge in [0.1, 0.15) is 5.75 Å². The van der Waals surface area contributed by atoms with Crippen molar-refractivity contribution in [3.8, 4) is 5.75 Å². The summed E-state index contributed by atoms with van der Waals surface area (Å²) in [5.41, 5.74) is 5.41. The Kier molecular flexibility index (Phi) is 5.21. The molecule has 1 unspecified atom stereocenters. The maximum atomic E-state index is 12.8. The highest BCUT2D eigenvalue weighted by atomic mass is 16.5. The fourth-order valence-electron chi connectivity index (χ4n) is 2.30. The molecule has 2 aromatic rings. The lowest BCUT2D eigenvalue weighted by atomic mass is 9.94. The molecule has 0 heterocycles. The van der Waals surface area contributed by atoms with Gasteiger partial charge in [0.2, 0.25) is 5.91 Å². The average Bonchev–Trinajstić information content (AvgIpc) is 2.61. The van der Waals surface area contributed by atoms with Crippen molar-refractivity contribution in [1.29, 1.82) is 0 Å². The quantitative estimate of drug-likeness (QED) is 0.851. The van der Waals surface area contributed by atoms with Gasteiger partial charge in [-0.05, 0) is 30.7 Å². The van der Waals surface area contributed by atoms with E-state index in [1.54, 1.807) is 25.1 Å². The number of hydrogen-bond acceptors (Lipinski definition) is 4. The maximum Gasteiger partial charge on any atom is 0.261 e. The number of methoxy groups -OCH3 is 2. The number of hydrogen-bond donors (Lipinski definition) is 2. The zero-order chi connectivity index (χ0) is 17.7. The van der Waals surface area contributed by atoms with Crippen LogP contribution in [0.4, 0.5) is 5.69 Å². The number of primary amides is 1. The number of ether oxygens (including phenoxy) is 2. The molecule has 2 rings (SSSR count). The Morgan fingerprint density at radius 3 is 2.29 bits per heavy atom. The standard InChI is InChI=1S/C18H20N2O4/c1-18(24-3,13-7-5-4-6-8-13)17(22)20-14-11-12(16(19)21)9-10-15(14)23-2/h4-11H,1-3H3,(H2,19,21)(H,20,22). The minimum Gasteiger partial charge on any atom is -0.495 e. The van der Waals surface area contributed by atoms with Crippen LogP contribution in [0, 0.1) is 0 Å². The van der Waals surface area contributed by atoms with Crippen molar-refractivity contribution in [2.75, 3.05) is 19.5 Å². The number of nitrogens with one attached hydrogen (secondary N) is 1. The second-order valence-electron chi connectivity index (χ2n) is 5.34. The van der Waals surface area contributed by atoms with E-state index >= 15 is 0 Å². The molecule has 1 atom stereocenters. The molecular formula is C18H20N2O4. The van der Waals surface area contributed by atoms with Crippen LogP contribution in [-0.2, 0) is 15.1 Å². The molecule has 0 spiro atoms. The van der Waals surface area contributed by atoms with Crippen LogP contribution in [0.1, 0.15) is 22.8 Å². The van der Waals surface area contributed by atoms with Crippen LogP contribution in [0.15, 0.2) is 48.5 Å². The van der Waals surface area contributed by atoms with Crippen LogP contribution >= 0.6 is 0 Å². The number of carbonyl (C=O) groups is 2. The third kappa shape index (κ3) is 3.38. The molecule has 2 aromatic carbocycles. The van der Waals surface area contributed by atoms with Gasteiger partial charge in [-0.2, -0.15) is 0 Å². The lowest BCUT2D eigenvalue weighted by Crippen LogP contribution is -2.39. The van der Waals surface area contributed by atoms with Crippen molar-refractivity contribution in [3.63, 3.8) is 0 Å². The van der Waals surface area contributed by atoms with E-state index in [2.05, 4.69) is 5.32 Å². The summed E-state index contributed by atoms with van der Waals surface area (Å²) in [5.74, 6) is -0.568. The third-order valence-electron chi connectivity index (χ3n) is 3.90. The first-order valence-corrected chi connectivity index (χ1v) is 7.32. The van der Waals surface area contributed by atoms with Crippen molar-refractivity contribution >= 4 is 17.5 Å². The topological polar surface area (TPSA) is 90.6 Å². The number of benzene rings is 2. The van der Waals surface area contributed by atoms with Gasteiger partial charge in [0.25, 0.3) is 5.91 Å². The SMILES string of the molecule is COc1ccc(C(N)=O)cc1NC(=O)C(C)(OC)c1ccccc1. The zero-order valence-corrected chi connectivity index (χ0v) is 13.8. The van der Waals surface area contributed by atoms with E-state index in [1.807, 2.05) is 18.2 Å². The Balaban J connectivity index is 2.37. The minimum absolute atomic E-state index is 0.268. The molecule has 0 fully saturated rings. The van der Waals surface area contributed by atoms with Crippen molar-refractivity contribution in [2.45, 2.75) is 12.5 Å². The van der Waals surface area contributed by atoms with Gasteiger partial charge in [0.15, 0.2) is 5.60 Å². The Labute approximate surface area is 140 Å². The number of amides is 2. The second kappa shape index (κ2) is 7.14. The molecule has 0 aliphatic carbocycles. The summed E-state index contributed by atoms with van der Waals surface area (Å²) in [4.78, 5) is 24.2. The number of anilines is 1. The molecule has 6 nitrogen and oxygen atoms in total. The lowest BCUT2D eigenvalue weighted by molar-refractivity contribution is -0.136. The van der Waals surface area contributed by atoms with E-state index in [-0.39, 0.29) is 5.56 Å². The molecule has 0 saturated heterocycles. The van der Waals surface area contributed by atoms with Crippen molar-refractivity contribution in [3.05, 3.63) is 59.7 Å². The van der Waals surface area contributed by atoms with Crippen molar-refractivity contribution in [1.82, 2.24) is 0 Å². The van der Waals surface area contributed by atoms with E-state index in [1.165, 1.54) is 26.4 Å². The smallest absolute Gasteiger partial charge is 0.261 e. The van der Waals surface area contributed by atoms with Gasteiger partial charge >= 0.3 is 0 Å². The van der Waals surface area contributed by atoms with Gasteiger partial charge in [0.05, 0.1) is 12.8 Å². The molecule has 0 aromatic heterocycles. The predicted molar refractivity (Wildman–Crippen MR) is 90.9 cm³/mol. The van der Waals surface area contributed by atoms with Crippen LogP contribution in [0.3, 0.4) is 0 Å². The normalized spacial score (nSPS) is 13.0. The first-order chi connectivity index (χ1) is 11.4. The van der Waals surface area contributed by atoms with Crippen LogP contribution in [-0.4, -0.2) is 26.0 Å². The molecule has 3 N–H and O–H groups in total. The Hall–Kier alpha value is -2.86. The van der Waals surface area contributed by atoms with Gasteiger partial charge < -0.3 is 20.5 Å². The van der Waals surface area contributed by atoms with Crippen LogP contribution in [0.2, 0.25) is 0 Å². The summed E-state index contributed by atoms with van der Waals surface area (Å²) in [6.07, 6.45) is 0. The molecule has 126 valence electrons. The van der Waals surface area contributed by atoms with E-state index < -0.39 is 17.4 Å². The van der Waals surface area contributed by atoms with Gasteiger partial charge in [-0.1, -0.05) is 30.3 Å². The van der Waals surface area contributed by atoms with E-state index in [0.29, 0.717) is 17.0 Å². The molecule has 6 heteroatoms. The van der Waals surface area contributed by atoms with Crippen LogP contribution in [0.5, 0.6) is 5.75 Å². The summed E-state index contributed by atoms with van der Waals surface area (Å²) in [6.45, 7) is 1.67. The summed E-state index contributed by atoms with van der Waals surface area (Å²) >= 11 is 0. The minimum atomic E-state index is -1.20. The highest BCUT2D eigenvalue weighted by molar-refractivity contribution is 6.01. The molecule has 2 amide bonds. The van der Waals surface area contributed by atoms with E-state index in [9.17, 15) is 9.59 Å². The Morgan fingerprint density at radius 1 is 1.08 bits per heavy atom. The fraction of sp³-hybridized carbons (Fsp3) is 0.222. The summed E-state index contributed by atoms with van der Waals surface area (Å²) in [6, 6.07) is 13.7. The van der Waals surface area contributed by atoms with Gasteiger partial charge in [-0.25, -0.2) is 0 Å².